The van der Waals surface area contributed by atoms with E-state index in [0.717, 1.165) is 11.5 Å². The summed E-state index contributed by atoms with van der Waals surface area (Å²) in [5, 5.41) is 3.12. The van der Waals surface area contributed by atoms with Gasteiger partial charge in [-0.05, 0) is 50.4 Å². The summed E-state index contributed by atoms with van der Waals surface area (Å²) < 4.78 is 0. The molecule has 2 heterocycles. The first-order chi connectivity index (χ1) is 9.22. The Kier molecular flexibility index (Phi) is 5.40. The second-order valence-corrected chi connectivity index (χ2v) is 6.18. The Bertz CT molecular complexity index is 385. The summed E-state index contributed by atoms with van der Waals surface area (Å²) in [7, 11) is 0. The van der Waals surface area contributed by atoms with Crippen molar-refractivity contribution in [2.45, 2.75) is 45.6 Å². The molecule has 1 aromatic heterocycles. The number of carbonyl (C=O) groups excluding carboxylic acids is 1. The molecule has 19 heavy (non-hydrogen) atoms. The number of nitrogens with zero attached hydrogens (tertiary/aromatic N) is 2. The third-order valence-electron chi connectivity index (χ3n) is 3.84. The van der Waals surface area contributed by atoms with Crippen LogP contribution >= 0.6 is 11.3 Å². The lowest BCUT2D eigenvalue weighted by Gasteiger charge is -2.35. The Balaban J connectivity index is 2.01. The van der Waals surface area contributed by atoms with Crippen molar-refractivity contribution in [3.05, 3.63) is 17.5 Å². The van der Waals surface area contributed by atoms with Crippen LogP contribution in [0.2, 0.25) is 0 Å². The molecular weight excluding hydrogens is 256 g/mol. The van der Waals surface area contributed by atoms with Crippen LogP contribution in [-0.2, 0) is 4.79 Å². The minimum atomic E-state index is 0.228. The zero-order valence-electron chi connectivity index (χ0n) is 12.0. The number of rotatable bonds is 5. The Morgan fingerprint density at radius 3 is 2.74 bits per heavy atom. The van der Waals surface area contributed by atoms with Gasteiger partial charge in [0.1, 0.15) is 0 Å². The van der Waals surface area contributed by atoms with E-state index in [4.69, 9.17) is 0 Å². The fourth-order valence-corrected chi connectivity index (χ4v) is 3.43. The Labute approximate surface area is 120 Å². The SMILES string of the molecule is CCC(=O)N(CC(C)N1CCCCC1)c1cccs1. The van der Waals surface area contributed by atoms with E-state index in [9.17, 15) is 4.79 Å². The molecule has 1 aliphatic rings. The van der Waals surface area contributed by atoms with Crippen LogP contribution in [0.3, 0.4) is 0 Å². The Morgan fingerprint density at radius 1 is 1.42 bits per heavy atom. The molecule has 1 saturated heterocycles. The molecular formula is C15H24N2OS. The Hall–Kier alpha value is -0.870. The van der Waals surface area contributed by atoms with E-state index in [0.29, 0.717) is 12.5 Å². The molecule has 0 spiro atoms. The summed E-state index contributed by atoms with van der Waals surface area (Å²) in [5.41, 5.74) is 0. The predicted molar refractivity (Wildman–Crippen MR) is 81.8 cm³/mol. The highest BCUT2D eigenvalue weighted by Gasteiger charge is 2.22. The second kappa shape index (κ2) is 7.06. The zero-order valence-corrected chi connectivity index (χ0v) is 12.8. The molecule has 1 aliphatic heterocycles. The summed E-state index contributed by atoms with van der Waals surface area (Å²) >= 11 is 1.65. The first-order valence-electron chi connectivity index (χ1n) is 7.30. The normalized spacial score (nSPS) is 18.2. The van der Waals surface area contributed by atoms with Gasteiger partial charge in [0.25, 0.3) is 0 Å². The number of hydrogen-bond donors (Lipinski definition) is 0. The number of likely N-dealkylation sites (tertiary alicyclic amines) is 1. The molecule has 106 valence electrons. The Morgan fingerprint density at radius 2 is 2.16 bits per heavy atom. The van der Waals surface area contributed by atoms with E-state index in [1.165, 1.54) is 32.4 Å². The van der Waals surface area contributed by atoms with Crippen LogP contribution in [0, 0.1) is 0 Å². The molecule has 1 unspecified atom stereocenters. The molecule has 1 atom stereocenters. The van der Waals surface area contributed by atoms with Gasteiger partial charge < -0.3 is 4.90 Å². The van der Waals surface area contributed by atoms with Crippen molar-refractivity contribution in [3.63, 3.8) is 0 Å². The van der Waals surface area contributed by atoms with E-state index in [1.54, 1.807) is 11.3 Å². The first-order valence-corrected chi connectivity index (χ1v) is 8.18. The summed E-state index contributed by atoms with van der Waals surface area (Å²) in [4.78, 5) is 16.6. The van der Waals surface area contributed by atoms with Crippen molar-refractivity contribution in [1.29, 1.82) is 0 Å². The quantitative estimate of drug-likeness (QED) is 0.825. The van der Waals surface area contributed by atoms with Crippen LogP contribution in [0.25, 0.3) is 0 Å². The summed E-state index contributed by atoms with van der Waals surface area (Å²) in [6.45, 7) is 7.36. The van der Waals surface area contributed by atoms with E-state index >= 15 is 0 Å². The molecule has 3 nitrogen and oxygen atoms in total. The third-order valence-corrected chi connectivity index (χ3v) is 4.73. The molecule has 2 rings (SSSR count). The first kappa shape index (κ1) is 14.5. The maximum absolute atomic E-state index is 12.1. The number of anilines is 1. The van der Waals surface area contributed by atoms with Gasteiger partial charge in [-0.3, -0.25) is 9.69 Å². The fraction of sp³-hybridized carbons (Fsp3) is 0.667. The molecule has 0 aliphatic carbocycles. The number of carbonyl (C=O) groups is 1. The lowest BCUT2D eigenvalue weighted by Crippen LogP contribution is -2.46. The molecule has 0 N–H and O–H groups in total. The monoisotopic (exact) mass is 280 g/mol. The lowest BCUT2D eigenvalue weighted by atomic mass is 10.1. The number of amides is 1. The smallest absolute Gasteiger partial charge is 0.227 e. The molecule has 0 radical (unpaired) electrons. The van der Waals surface area contributed by atoms with Crippen molar-refractivity contribution in [3.8, 4) is 0 Å². The van der Waals surface area contributed by atoms with Crippen LogP contribution in [0.4, 0.5) is 5.00 Å². The van der Waals surface area contributed by atoms with Crippen LogP contribution in [0.1, 0.15) is 39.5 Å². The van der Waals surface area contributed by atoms with Crippen molar-refractivity contribution in [2.24, 2.45) is 0 Å². The van der Waals surface area contributed by atoms with E-state index in [1.807, 2.05) is 29.3 Å². The van der Waals surface area contributed by atoms with Crippen molar-refractivity contribution in [1.82, 2.24) is 4.90 Å². The predicted octanol–water partition coefficient (Wildman–Crippen LogP) is 3.37. The van der Waals surface area contributed by atoms with Gasteiger partial charge in [-0.25, -0.2) is 0 Å². The second-order valence-electron chi connectivity index (χ2n) is 5.25. The highest BCUT2D eigenvalue weighted by atomic mass is 32.1. The number of hydrogen-bond acceptors (Lipinski definition) is 3. The molecule has 0 bridgehead atoms. The van der Waals surface area contributed by atoms with Gasteiger partial charge in [0.05, 0.1) is 5.00 Å². The summed E-state index contributed by atoms with van der Waals surface area (Å²) in [6.07, 6.45) is 4.52. The molecule has 1 aromatic rings. The maximum atomic E-state index is 12.1. The zero-order chi connectivity index (χ0) is 13.7. The van der Waals surface area contributed by atoms with E-state index in [-0.39, 0.29) is 5.91 Å². The number of piperidine rings is 1. The summed E-state index contributed by atoms with van der Waals surface area (Å²) in [6, 6.07) is 4.50. The third kappa shape index (κ3) is 3.80. The summed E-state index contributed by atoms with van der Waals surface area (Å²) in [5.74, 6) is 0.228. The van der Waals surface area contributed by atoms with Crippen molar-refractivity contribution < 1.29 is 4.79 Å². The van der Waals surface area contributed by atoms with E-state index < -0.39 is 0 Å². The molecule has 0 aromatic carbocycles. The average Bonchev–Trinajstić information content (AvgIpc) is 2.98. The van der Waals surface area contributed by atoms with Crippen LogP contribution in [0.15, 0.2) is 17.5 Å². The molecule has 1 fully saturated rings. The maximum Gasteiger partial charge on any atom is 0.227 e. The van der Waals surface area contributed by atoms with Crippen LogP contribution in [0.5, 0.6) is 0 Å². The van der Waals surface area contributed by atoms with Gasteiger partial charge in [0.2, 0.25) is 5.91 Å². The van der Waals surface area contributed by atoms with Gasteiger partial charge in [-0.15, -0.1) is 11.3 Å². The van der Waals surface area contributed by atoms with Gasteiger partial charge in [-0.1, -0.05) is 13.3 Å². The molecule has 1 amide bonds. The van der Waals surface area contributed by atoms with Gasteiger partial charge >= 0.3 is 0 Å². The van der Waals surface area contributed by atoms with Gasteiger partial charge in [-0.2, -0.15) is 0 Å². The number of thiophene rings is 1. The van der Waals surface area contributed by atoms with Gasteiger partial charge in [0, 0.05) is 19.0 Å². The average molecular weight is 280 g/mol. The van der Waals surface area contributed by atoms with Crippen LogP contribution in [-0.4, -0.2) is 36.5 Å². The lowest BCUT2D eigenvalue weighted by molar-refractivity contribution is -0.118. The highest BCUT2D eigenvalue weighted by molar-refractivity contribution is 7.14. The van der Waals surface area contributed by atoms with Crippen molar-refractivity contribution >= 4 is 22.2 Å². The minimum Gasteiger partial charge on any atom is -0.302 e. The topological polar surface area (TPSA) is 23.6 Å². The molecule has 0 saturated carbocycles. The largest absolute Gasteiger partial charge is 0.302 e. The standard InChI is InChI=1S/C15H24N2OS/c1-3-14(18)17(15-8-7-11-19-15)12-13(2)16-9-5-4-6-10-16/h7-8,11,13H,3-6,9-10,12H2,1-2H3. The minimum absolute atomic E-state index is 0.228. The van der Waals surface area contributed by atoms with E-state index in [2.05, 4.69) is 11.8 Å². The van der Waals surface area contributed by atoms with Crippen molar-refractivity contribution in [2.75, 3.05) is 24.5 Å². The fourth-order valence-electron chi connectivity index (χ4n) is 2.67. The molecule has 4 heteroatoms. The van der Waals surface area contributed by atoms with Crippen LogP contribution < -0.4 is 4.90 Å². The highest BCUT2D eigenvalue weighted by Crippen LogP contribution is 2.23. The van der Waals surface area contributed by atoms with Gasteiger partial charge in [0.15, 0.2) is 0 Å².